The third kappa shape index (κ3) is 4.23. The maximum absolute atomic E-state index is 13.0. The molecule has 1 N–H and O–H groups in total. The first kappa shape index (κ1) is 20.9. The Balaban J connectivity index is 1.46. The first-order chi connectivity index (χ1) is 14.5. The first-order valence-corrected chi connectivity index (χ1v) is 12.0. The van der Waals surface area contributed by atoms with Crippen LogP contribution in [0.5, 0.6) is 5.75 Å². The lowest BCUT2D eigenvalue weighted by atomic mass is 9.96. The highest BCUT2D eigenvalue weighted by atomic mass is 32.2. The van der Waals surface area contributed by atoms with E-state index in [9.17, 15) is 13.2 Å². The van der Waals surface area contributed by atoms with Crippen LogP contribution in [0.25, 0.3) is 0 Å². The van der Waals surface area contributed by atoms with Crippen LogP contribution in [-0.2, 0) is 10.0 Å². The molecule has 0 saturated heterocycles. The molecule has 7 heteroatoms. The highest BCUT2D eigenvalue weighted by Crippen LogP contribution is 2.32. The largest absolute Gasteiger partial charge is 0.493 e. The molecule has 2 aromatic rings. The van der Waals surface area contributed by atoms with Crippen molar-refractivity contribution < 1.29 is 17.9 Å². The number of amides is 1. The number of rotatable bonds is 5. The standard InChI is InChI=1S/C23H28N2O4S/c1-25(18-7-3-2-4-8-18)30(27,28)19-13-11-17(12-14-19)23(26)24-21-15-16-29-22-10-6-5-9-20(21)22/h5-6,9-14,18,21H,2-4,7-8,15-16H2,1H3,(H,24,26). The van der Waals surface area contributed by atoms with E-state index in [-0.39, 0.29) is 22.9 Å². The lowest BCUT2D eigenvalue weighted by Gasteiger charge is -2.30. The van der Waals surface area contributed by atoms with Gasteiger partial charge in [0, 0.05) is 30.6 Å². The Kier molecular flexibility index (Phi) is 6.11. The molecule has 1 aliphatic heterocycles. The average Bonchev–Trinajstić information content (AvgIpc) is 2.79. The van der Waals surface area contributed by atoms with Crippen LogP contribution in [0.3, 0.4) is 0 Å². The first-order valence-electron chi connectivity index (χ1n) is 10.6. The second-order valence-electron chi connectivity index (χ2n) is 8.04. The maximum atomic E-state index is 13.0. The van der Waals surface area contributed by atoms with Gasteiger partial charge < -0.3 is 10.1 Å². The molecule has 160 valence electrons. The van der Waals surface area contributed by atoms with Gasteiger partial charge in [-0.1, -0.05) is 37.5 Å². The van der Waals surface area contributed by atoms with Gasteiger partial charge in [0.2, 0.25) is 10.0 Å². The number of ether oxygens (including phenoxy) is 1. The van der Waals surface area contributed by atoms with E-state index < -0.39 is 10.0 Å². The number of hydrogen-bond donors (Lipinski definition) is 1. The predicted octanol–water partition coefficient (Wildman–Crippen LogP) is 3.89. The van der Waals surface area contributed by atoms with E-state index in [0.29, 0.717) is 18.6 Å². The van der Waals surface area contributed by atoms with Gasteiger partial charge in [0.15, 0.2) is 0 Å². The lowest BCUT2D eigenvalue weighted by Crippen LogP contribution is -2.38. The van der Waals surface area contributed by atoms with Gasteiger partial charge in [-0.05, 0) is 43.2 Å². The molecule has 0 radical (unpaired) electrons. The molecule has 0 bridgehead atoms. The molecule has 2 aromatic carbocycles. The molecule has 1 fully saturated rings. The number of hydrogen-bond acceptors (Lipinski definition) is 4. The topological polar surface area (TPSA) is 75.7 Å². The maximum Gasteiger partial charge on any atom is 0.251 e. The smallest absolute Gasteiger partial charge is 0.251 e. The molecule has 1 amide bonds. The van der Waals surface area contributed by atoms with E-state index in [1.165, 1.54) is 22.9 Å². The number of carbonyl (C=O) groups is 1. The van der Waals surface area contributed by atoms with E-state index in [2.05, 4.69) is 5.32 Å². The summed E-state index contributed by atoms with van der Waals surface area (Å²) in [7, 11) is -1.90. The van der Waals surface area contributed by atoms with Crippen LogP contribution < -0.4 is 10.1 Å². The van der Waals surface area contributed by atoms with Crippen molar-refractivity contribution in [2.24, 2.45) is 0 Å². The van der Waals surface area contributed by atoms with Gasteiger partial charge in [0.05, 0.1) is 17.5 Å². The number of nitrogens with one attached hydrogen (secondary N) is 1. The Morgan fingerprint density at radius 1 is 1.00 bits per heavy atom. The molecule has 1 heterocycles. The molecule has 0 aromatic heterocycles. The minimum atomic E-state index is -3.56. The van der Waals surface area contributed by atoms with Gasteiger partial charge in [-0.15, -0.1) is 0 Å². The van der Waals surface area contributed by atoms with Crippen molar-refractivity contribution >= 4 is 15.9 Å². The highest BCUT2D eigenvalue weighted by Gasteiger charge is 2.29. The Morgan fingerprint density at radius 2 is 1.70 bits per heavy atom. The Bertz CT molecular complexity index is 998. The van der Waals surface area contributed by atoms with Gasteiger partial charge in [-0.2, -0.15) is 4.31 Å². The number of sulfonamides is 1. The quantitative estimate of drug-likeness (QED) is 0.784. The van der Waals surface area contributed by atoms with Crippen molar-refractivity contribution in [3.63, 3.8) is 0 Å². The molecule has 1 saturated carbocycles. The summed E-state index contributed by atoms with van der Waals surface area (Å²) in [5.74, 6) is 0.572. The Morgan fingerprint density at radius 3 is 2.43 bits per heavy atom. The van der Waals surface area contributed by atoms with Crippen molar-refractivity contribution in [2.75, 3.05) is 13.7 Å². The summed E-state index contributed by atoms with van der Waals surface area (Å²) in [5, 5.41) is 3.05. The summed E-state index contributed by atoms with van der Waals surface area (Å²) in [6, 6.07) is 13.9. The third-order valence-electron chi connectivity index (χ3n) is 6.15. The molecule has 0 spiro atoms. The van der Waals surface area contributed by atoms with E-state index in [1.54, 1.807) is 19.2 Å². The summed E-state index contributed by atoms with van der Waals surface area (Å²) in [6.45, 7) is 0.548. The highest BCUT2D eigenvalue weighted by molar-refractivity contribution is 7.89. The third-order valence-corrected chi connectivity index (χ3v) is 8.07. The van der Waals surface area contributed by atoms with Crippen LogP contribution in [0.1, 0.15) is 60.5 Å². The minimum absolute atomic E-state index is 0.0558. The number of fused-ring (bicyclic) bond motifs is 1. The van der Waals surface area contributed by atoms with Crippen LogP contribution in [0.2, 0.25) is 0 Å². The Hall–Kier alpha value is -2.38. The zero-order chi connectivity index (χ0) is 21.1. The molecular formula is C23H28N2O4S. The summed E-state index contributed by atoms with van der Waals surface area (Å²) < 4.78 is 33.1. The minimum Gasteiger partial charge on any atom is -0.493 e. The van der Waals surface area contributed by atoms with Crippen LogP contribution >= 0.6 is 0 Å². The predicted molar refractivity (Wildman–Crippen MR) is 115 cm³/mol. The fourth-order valence-electron chi connectivity index (χ4n) is 4.32. The van der Waals surface area contributed by atoms with Crippen molar-refractivity contribution in [1.29, 1.82) is 0 Å². The molecule has 2 aliphatic rings. The molecule has 30 heavy (non-hydrogen) atoms. The van der Waals surface area contributed by atoms with Crippen LogP contribution in [0.4, 0.5) is 0 Å². The summed E-state index contributed by atoms with van der Waals surface area (Å²) in [4.78, 5) is 13.0. The zero-order valence-electron chi connectivity index (χ0n) is 17.2. The van der Waals surface area contributed by atoms with Crippen LogP contribution in [0.15, 0.2) is 53.4 Å². The Labute approximate surface area is 178 Å². The van der Waals surface area contributed by atoms with Gasteiger partial charge in [-0.25, -0.2) is 8.42 Å². The number of carbonyl (C=O) groups excluding carboxylic acids is 1. The monoisotopic (exact) mass is 428 g/mol. The zero-order valence-corrected chi connectivity index (χ0v) is 18.0. The van der Waals surface area contributed by atoms with E-state index in [0.717, 1.165) is 37.0 Å². The van der Waals surface area contributed by atoms with Gasteiger partial charge >= 0.3 is 0 Å². The molecule has 6 nitrogen and oxygen atoms in total. The number of nitrogens with zero attached hydrogens (tertiary/aromatic N) is 1. The SMILES string of the molecule is CN(C1CCCCC1)S(=O)(=O)c1ccc(C(=O)NC2CCOc3ccccc32)cc1. The fraction of sp³-hybridized carbons (Fsp3) is 0.435. The molecule has 1 unspecified atom stereocenters. The molecule has 1 atom stereocenters. The summed E-state index contributed by atoms with van der Waals surface area (Å²) in [6.07, 6.45) is 5.82. The number of para-hydroxylation sites is 1. The van der Waals surface area contributed by atoms with E-state index >= 15 is 0 Å². The van der Waals surface area contributed by atoms with Crippen LogP contribution in [0, 0.1) is 0 Å². The lowest BCUT2D eigenvalue weighted by molar-refractivity contribution is 0.0924. The second-order valence-corrected chi connectivity index (χ2v) is 10.0. The second kappa shape index (κ2) is 8.78. The van der Waals surface area contributed by atoms with Crippen molar-refractivity contribution in [2.45, 2.75) is 55.5 Å². The summed E-state index contributed by atoms with van der Waals surface area (Å²) in [5.41, 5.74) is 1.41. The molecular weight excluding hydrogens is 400 g/mol. The molecule has 4 rings (SSSR count). The normalized spacial score (nSPS) is 19.7. The van der Waals surface area contributed by atoms with Gasteiger partial charge in [0.1, 0.15) is 5.75 Å². The molecule has 1 aliphatic carbocycles. The number of benzene rings is 2. The van der Waals surface area contributed by atoms with E-state index in [4.69, 9.17) is 4.74 Å². The van der Waals surface area contributed by atoms with Crippen molar-refractivity contribution in [3.8, 4) is 5.75 Å². The fourth-order valence-corrected chi connectivity index (χ4v) is 5.73. The van der Waals surface area contributed by atoms with Crippen LogP contribution in [-0.4, -0.2) is 38.3 Å². The van der Waals surface area contributed by atoms with Crippen molar-refractivity contribution in [3.05, 3.63) is 59.7 Å². The van der Waals surface area contributed by atoms with Gasteiger partial charge in [-0.3, -0.25) is 4.79 Å². The van der Waals surface area contributed by atoms with Crippen molar-refractivity contribution in [1.82, 2.24) is 9.62 Å². The average molecular weight is 429 g/mol. The van der Waals surface area contributed by atoms with Gasteiger partial charge in [0.25, 0.3) is 5.91 Å². The summed E-state index contributed by atoms with van der Waals surface area (Å²) >= 11 is 0. The van der Waals surface area contributed by atoms with E-state index in [1.807, 2.05) is 24.3 Å².